The van der Waals surface area contributed by atoms with Crippen molar-refractivity contribution in [3.63, 3.8) is 0 Å². The van der Waals surface area contributed by atoms with Crippen LogP contribution in [0.15, 0.2) is 103 Å². The number of rotatable bonds is 6. The first-order valence-corrected chi connectivity index (χ1v) is 11.9. The van der Waals surface area contributed by atoms with E-state index in [2.05, 4.69) is 130 Å². The van der Waals surface area contributed by atoms with Crippen LogP contribution in [0.5, 0.6) is 0 Å². The van der Waals surface area contributed by atoms with E-state index < -0.39 is 0 Å². The predicted molar refractivity (Wildman–Crippen MR) is 133 cm³/mol. The molecule has 1 aliphatic rings. The molecule has 0 N–H and O–H groups in total. The second kappa shape index (κ2) is 9.33. The van der Waals surface area contributed by atoms with Crippen LogP contribution in [0.25, 0.3) is 22.9 Å². The van der Waals surface area contributed by atoms with Gasteiger partial charge in [0.2, 0.25) is 5.69 Å². The van der Waals surface area contributed by atoms with Crippen molar-refractivity contribution in [3.8, 4) is 11.3 Å². The van der Waals surface area contributed by atoms with Crippen molar-refractivity contribution in [1.29, 1.82) is 0 Å². The van der Waals surface area contributed by atoms with E-state index in [4.69, 9.17) is 0 Å². The lowest BCUT2D eigenvalue weighted by atomic mass is 9.99. The van der Waals surface area contributed by atoms with Gasteiger partial charge in [-0.15, -0.1) is 0 Å². The summed E-state index contributed by atoms with van der Waals surface area (Å²) in [5.74, 6) is 0. The Morgan fingerprint density at radius 1 is 0.906 bits per heavy atom. The van der Waals surface area contributed by atoms with Gasteiger partial charge in [0.25, 0.3) is 5.01 Å². The largest absolute Gasteiger partial charge is 0.347 e. The molecule has 0 bridgehead atoms. The zero-order valence-electron chi connectivity index (χ0n) is 18.3. The second-order valence-corrected chi connectivity index (χ2v) is 8.87. The highest BCUT2D eigenvalue weighted by Gasteiger charge is 2.20. The number of benzene rings is 2. The molecular formula is C28H27N3S+2. The number of anilines is 1. The zero-order valence-corrected chi connectivity index (χ0v) is 19.1. The number of hydrogen-bond donors (Lipinski definition) is 0. The summed E-state index contributed by atoms with van der Waals surface area (Å²) >= 11 is 1.79. The molecule has 2 aromatic carbocycles. The number of thiazole rings is 1. The number of aromatic nitrogens is 2. The summed E-state index contributed by atoms with van der Waals surface area (Å²) in [7, 11) is 2.15. The zero-order chi connectivity index (χ0) is 21.8. The molecule has 4 aromatic rings. The van der Waals surface area contributed by atoms with E-state index >= 15 is 0 Å². The van der Waals surface area contributed by atoms with Gasteiger partial charge in [0.1, 0.15) is 13.6 Å². The van der Waals surface area contributed by atoms with Crippen LogP contribution in [0, 0.1) is 0 Å². The monoisotopic (exact) mass is 437 g/mol. The molecule has 0 aliphatic carbocycles. The molecule has 3 heterocycles. The van der Waals surface area contributed by atoms with E-state index in [1.807, 2.05) is 0 Å². The van der Waals surface area contributed by atoms with Crippen molar-refractivity contribution in [3.05, 3.63) is 113 Å². The van der Waals surface area contributed by atoms with Gasteiger partial charge in [-0.1, -0.05) is 53.8 Å². The van der Waals surface area contributed by atoms with Gasteiger partial charge in [-0.3, -0.25) is 0 Å². The number of allylic oxidation sites excluding steroid dienone is 2. The van der Waals surface area contributed by atoms with Gasteiger partial charge < -0.3 is 4.90 Å². The fraction of sp³-hybridized carbons (Fsp3) is 0.143. The average molecular weight is 438 g/mol. The topological polar surface area (TPSA) is 11.0 Å². The van der Waals surface area contributed by atoms with Crippen molar-refractivity contribution in [2.24, 2.45) is 7.05 Å². The summed E-state index contributed by atoms with van der Waals surface area (Å²) in [6.45, 7) is 2.01. The first-order valence-electron chi connectivity index (χ1n) is 11.0. The van der Waals surface area contributed by atoms with E-state index in [9.17, 15) is 0 Å². The van der Waals surface area contributed by atoms with Gasteiger partial charge in [-0.05, 0) is 29.8 Å². The molecule has 5 rings (SSSR count). The molecule has 0 spiro atoms. The van der Waals surface area contributed by atoms with Gasteiger partial charge in [0.05, 0.1) is 5.38 Å². The van der Waals surface area contributed by atoms with E-state index in [-0.39, 0.29) is 0 Å². The molecule has 32 heavy (non-hydrogen) atoms. The van der Waals surface area contributed by atoms with Crippen molar-refractivity contribution < 1.29 is 9.13 Å². The molecule has 4 heteroatoms. The van der Waals surface area contributed by atoms with E-state index in [0.29, 0.717) is 0 Å². The molecule has 0 unspecified atom stereocenters. The fourth-order valence-electron chi connectivity index (χ4n) is 4.16. The normalized spacial score (nSPS) is 14.0. The molecule has 0 saturated carbocycles. The molecule has 0 saturated heterocycles. The Balaban J connectivity index is 1.38. The van der Waals surface area contributed by atoms with E-state index in [1.54, 1.807) is 11.3 Å². The smallest absolute Gasteiger partial charge is 0.262 e. The van der Waals surface area contributed by atoms with Gasteiger partial charge in [0.15, 0.2) is 12.4 Å². The van der Waals surface area contributed by atoms with Crippen LogP contribution in [-0.2, 0) is 13.6 Å². The first kappa shape index (κ1) is 20.4. The molecule has 1 aliphatic heterocycles. The molecule has 0 fully saturated rings. The molecule has 2 aromatic heterocycles. The van der Waals surface area contributed by atoms with Gasteiger partial charge in [0, 0.05) is 54.2 Å². The Labute approximate surface area is 193 Å². The highest BCUT2D eigenvalue weighted by atomic mass is 32.1. The lowest BCUT2D eigenvalue weighted by Gasteiger charge is -2.27. The number of aryl methyl sites for hydroxylation is 1. The summed E-state index contributed by atoms with van der Waals surface area (Å²) < 4.78 is 4.53. The lowest BCUT2D eigenvalue weighted by molar-refractivity contribution is -0.697. The lowest BCUT2D eigenvalue weighted by Crippen LogP contribution is -2.34. The standard InChI is InChI=1S/C28H27N3S/c1-29-27(23-11-4-2-5-12-23)22-32-28(29)21-24-15-20-31(26-14-7-6-13-25(24)26)19-10-18-30-16-8-3-9-17-30/h2-9,11-17,20-22H,10,18-19H2,1H3/q+2. The van der Waals surface area contributed by atoms with E-state index in [1.165, 1.54) is 33.1 Å². The van der Waals surface area contributed by atoms with Crippen LogP contribution in [0.4, 0.5) is 5.69 Å². The van der Waals surface area contributed by atoms with Gasteiger partial charge in [-0.25, -0.2) is 4.57 Å². The maximum atomic E-state index is 2.37. The summed E-state index contributed by atoms with van der Waals surface area (Å²) in [6, 6.07) is 25.5. The maximum absolute atomic E-state index is 2.37. The van der Waals surface area contributed by atoms with Crippen molar-refractivity contribution in [2.75, 3.05) is 11.4 Å². The fourth-order valence-corrected chi connectivity index (χ4v) is 5.14. The third kappa shape index (κ3) is 4.27. The van der Waals surface area contributed by atoms with Crippen molar-refractivity contribution in [2.45, 2.75) is 13.0 Å². The third-order valence-corrected chi connectivity index (χ3v) is 6.86. The number of para-hydroxylation sites is 1. The molecule has 3 nitrogen and oxygen atoms in total. The maximum Gasteiger partial charge on any atom is 0.262 e. The minimum atomic E-state index is 0.994. The Bertz CT molecular complexity index is 1260. The summed E-state index contributed by atoms with van der Waals surface area (Å²) in [5.41, 5.74) is 6.32. The Hall–Kier alpha value is -3.50. The molecule has 158 valence electrons. The summed E-state index contributed by atoms with van der Waals surface area (Å²) in [5, 5.41) is 3.49. The quantitative estimate of drug-likeness (QED) is 0.363. The summed E-state index contributed by atoms with van der Waals surface area (Å²) in [4.78, 5) is 2.37. The first-order chi connectivity index (χ1) is 15.8. The van der Waals surface area contributed by atoms with E-state index in [0.717, 1.165) is 19.5 Å². The number of fused-ring (bicyclic) bond motifs is 1. The van der Waals surface area contributed by atoms with Crippen LogP contribution in [0.2, 0.25) is 0 Å². The highest BCUT2D eigenvalue weighted by molar-refractivity contribution is 7.10. The minimum Gasteiger partial charge on any atom is -0.347 e. The SMILES string of the molecule is C[n+]1c(-c2ccccc2)csc1/C=C1/C=CN(CCC[n+]2ccccc2)c2ccccc21. The van der Waals surface area contributed by atoms with Crippen LogP contribution in [-0.4, -0.2) is 6.54 Å². The highest BCUT2D eigenvalue weighted by Crippen LogP contribution is 2.34. The summed E-state index contributed by atoms with van der Waals surface area (Å²) in [6.07, 6.45) is 12.1. The Morgan fingerprint density at radius 3 is 2.50 bits per heavy atom. The minimum absolute atomic E-state index is 0.994. The molecule has 0 atom stereocenters. The van der Waals surface area contributed by atoms with Crippen molar-refractivity contribution >= 4 is 28.7 Å². The number of pyridine rings is 1. The number of nitrogens with zero attached hydrogens (tertiary/aromatic N) is 3. The Kier molecular flexibility index (Phi) is 5.95. The van der Waals surface area contributed by atoms with Crippen LogP contribution < -0.4 is 14.0 Å². The average Bonchev–Trinajstić information content (AvgIpc) is 3.21. The molecular weight excluding hydrogens is 410 g/mol. The molecule has 0 amide bonds. The predicted octanol–water partition coefficient (Wildman–Crippen LogP) is 5.49. The Morgan fingerprint density at radius 2 is 1.66 bits per heavy atom. The van der Waals surface area contributed by atoms with Crippen molar-refractivity contribution in [1.82, 2.24) is 0 Å². The van der Waals surface area contributed by atoms with Crippen LogP contribution in [0.3, 0.4) is 0 Å². The number of hydrogen-bond acceptors (Lipinski definition) is 2. The third-order valence-electron chi connectivity index (χ3n) is 5.88. The second-order valence-electron chi connectivity index (χ2n) is 7.98. The van der Waals surface area contributed by atoms with Crippen LogP contribution in [0.1, 0.15) is 17.0 Å². The molecule has 0 radical (unpaired) electrons. The van der Waals surface area contributed by atoms with Gasteiger partial charge >= 0.3 is 0 Å². The van der Waals surface area contributed by atoms with Crippen LogP contribution >= 0.6 is 11.3 Å². The van der Waals surface area contributed by atoms with Gasteiger partial charge in [-0.2, -0.15) is 4.57 Å².